The fourth-order valence-electron chi connectivity index (χ4n) is 2.50. The van der Waals surface area contributed by atoms with Crippen LogP contribution < -0.4 is 5.32 Å². The number of amides is 2. The lowest BCUT2D eigenvalue weighted by molar-refractivity contribution is 0.114. The number of nitrogens with zero attached hydrogens (tertiary/aromatic N) is 4. The van der Waals surface area contributed by atoms with Gasteiger partial charge in [0.1, 0.15) is 5.82 Å². The fourth-order valence-corrected chi connectivity index (χ4v) is 2.50. The Kier molecular flexibility index (Phi) is 6.31. The predicted octanol–water partition coefficient (Wildman–Crippen LogP) is 2.39. The van der Waals surface area contributed by atoms with Crippen LogP contribution in [0.1, 0.15) is 37.4 Å². The minimum atomic E-state index is -0.249. The van der Waals surface area contributed by atoms with E-state index in [4.69, 9.17) is 4.74 Å². The average Bonchev–Trinajstić information content (AvgIpc) is 3.06. The van der Waals surface area contributed by atoms with Crippen LogP contribution in [0.5, 0.6) is 0 Å². The van der Waals surface area contributed by atoms with Crippen molar-refractivity contribution in [3.63, 3.8) is 0 Å². The molecule has 7 nitrogen and oxygen atoms in total. The smallest absolute Gasteiger partial charge is 0.318 e. The van der Waals surface area contributed by atoms with Gasteiger partial charge in [-0.2, -0.15) is 0 Å². The Bertz CT molecular complexity index is 641. The largest absolute Gasteiger partial charge is 0.382 e. The third-order valence-corrected chi connectivity index (χ3v) is 3.84. The van der Waals surface area contributed by atoms with Gasteiger partial charge in [0.25, 0.3) is 0 Å². The highest BCUT2D eigenvalue weighted by Crippen LogP contribution is 2.17. The number of carbonyl (C=O) groups excluding carboxylic acids is 1. The first-order chi connectivity index (χ1) is 11.5. The molecular weight excluding hydrogens is 306 g/mol. The number of carbonyl (C=O) groups is 1. The third kappa shape index (κ3) is 4.32. The van der Waals surface area contributed by atoms with Gasteiger partial charge < -0.3 is 19.5 Å². The maximum absolute atomic E-state index is 12.5. The van der Waals surface area contributed by atoms with Gasteiger partial charge in [-0.3, -0.25) is 4.98 Å². The first kappa shape index (κ1) is 17.9. The molecule has 0 aromatic carbocycles. The zero-order valence-corrected chi connectivity index (χ0v) is 14.6. The number of hydrogen-bond donors (Lipinski definition) is 1. The lowest BCUT2D eigenvalue weighted by atomic mass is 10.2. The molecule has 0 saturated carbocycles. The number of urea groups is 1. The molecule has 0 radical (unpaired) electrons. The summed E-state index contributed by atoms with van der Waals surface area (Å²) in [6.07, 6.45) is 5.37. The van der Waals surface area contributed by atoms with E-state index >= 15 is 0 Å². The molecule has 1 N–H and O–H groups in total. The summed E-state index contributed by atoms with van der Waals surface area (Å²) in [5.41, 5.74) is 0.792. The Morgan fingerprint density at radius 1 is 1.33 bits per heavy atom. The van der Waals surface area contributed by atoms with Crippen LogP contribution in [0, 0.1) is 0 Å². The van der Waals surface area contributed by atoms with Gasteiger partial charge in [0.15, 0.2) is 0 Å². The molecule has 0 aliphatic carbocycles. The summed E-state index contributed by atoms with van der Waals surface area (Å²) in [5, 5.41) is 2.91. The standard InChI is InChI=1S/C17H25N5O2/c1-13(2)22-10-9-19-16(22)11-20-17(23)21(3)15(12-24-4)14-7-5-6-8-18-14/h5-10,13,15H,11-12H2,1-4H3,(H,20,23)/t15-/m1/s1. The second-order valence-electron chi connectivity index (χ2n) is 5.84. The molecular formula is C17H25N5O2. The summed E-state index contributed by atoms with van der Waals surface area (Å²) < 4.78 is 7.29. The number of likely N-dealkylation sites (N-methyl/N-ethyl adjacent to an activating group) is 1. The monoisotopic (exact) mass is 331 g/mol. The van der Waals surface area contributed by atoms with Gasteiger partial charge >= 0.3 is 6.03 Å². The van der Waals surface area contributed by atoms with Gasteiger partial charge in [-0.1, -0.05) is 6.07 Å². The molecule has 0 bridgehead atoms. The molecule has 7 heteroatoms. The molecule has 1 atom stereocenters. The maximum Gasteiger partial charge on any atom is 0.318 e. The lowest BCUT2D eigenvalue weighted by Crippen LogP contribution is -2.41. The summed E-state index contributed by atoms with van der Waals surface area (Å²) in [4.78, 5) is 22.7. The van der Waals surface area contributed by atoms with E-state index in [0.29, 0.717) is 19.2 Å². The SMILES string of the molecule is COC[C@H](c1ccccn1)N(C)C(=O)NCc1nccn1C(C)C. The molecule has 2 heterocycles. The highest BCUT2D eigenvalue weighted by Gasteiger charge is 2.23. The number of pyridine rings is 1. The van der Waals surface area contributed by atoms with E-state index in [1.54, 1.807) is 31.5 Å². The first-order valence-electron chi connectivity index (χ1n) is 7.96. The predicted molar refractivity (Wildman–Crippen MR) is 91.5 cm³/mol. The van der Waals surface area contributed by atoms with E-state index in [1.165, 1.54) is 0 Å². The maximum atomic E-state index is 12.5. The Balaban J connectivity index is 2.03. The van der Waals surface area contributed by atoms with E-state index in [2.05, 4.69) is 29.1 Å². The van der Waals surface area contributed by atoms with Crippen LogP contribution in [-0.2, 0) is 11.3 Å². The van der Waals surface area contributed by atoms with Crippen molar-refractivity contribution < 1.29 is 9.53 Å². The zero-order valence-electron chi connectivity index (χ0n) is 14.6. The van der Waals surface area contributed by atoms with E-state index < -0.39 is 0 Å². The molecule has 0 aliphatic rings. The molecule has 0 aliphatic heterocycles. The molecule has 0 unspecified atom stereocenters. The van der Waals surface area contributed by atoms with E-state index in [9.17, 15) is 4.79 Å². The molecule has 24 heavy (non-hydrogen) atoms. The molecule has 2 aromatic heterocycles. The normalized spacial score (nSPS) is 12.2. The second kappa shape index (κ2) is 8.44. The minimum absolute atomic E-state index is 0.194. The van der Waals surface area contributed by atoms with E-state index in [0.717, 1.165) is 11.5 Å². The van der Waals surface area contributed by atoms with Gasteiger partial charge in [-0.25, -0.2) is 9.78 Å². The molecule has 0 spiro atoms. The highest BCUT2D eigenvalue weighted by atomic mass is 16.5. The fraction of sp³-hybridized carbons (Fsp3) is 0.471. The van der Waals surface area contributed by atoms with Gasteiger partial charge in [0, 0.05) is 38.8 Å². The number of rotatable bonds is 7. The first-order valence-corrected chi connectivity index (χ1v) is 7.96. The van der Waals surface area contributed by atoms with Gasteiger partial charge in [0.05, 0.1) is 24.9 Å². The number of imidazole rings is 1. The summed E-state index contributed by atoms with van der Waals surface area (Å²) in [6, 6.07) is 5.49. The Labute approximate surface area is 142 Å². The Morgan fingerprint density at radius 2 is 2.12 bits per heavy atom. The van der Waals surface area contributed by atoms with Crippen molar-refractivity contribution >= 4 is 6.03 Å². The number of aromatic nitrogens is 3. The van der Waals surface area contributed by atoms with Crippen LogP contribution in [0.2, 0.25) is 0 Å². The van der Waals surface area contributed by atoms with Crippen molar-refractivity contribution in [1.82, 2.24) is 24.8 Å². The van der Waals surface area contributed by atoms with Crippen LogP contribution in [0.3, 0.4) is 0 Å². The van der Waals surface area contributed by atoms with Crippen molar-refractivity contribution in [2.24, 2.45) is 0 Å². The van der Waals surface area contributed by atoms with Crippen LogP contribution in [0.4, 0.5) is 4.79 Å². The number of hydrogen-bond acceptors (Lipinski definition) is 4. The van der Waals surface area contributed by atoms with Crippen molar-refractivity contribution in [2.45, 2.75) is 32.5 Å². The number of methoxy groups -OCH3 is 1. The molecule has 2 aromatic rings. The van der Waals surface area contributed by atoms with Gasteiger partial charge in [-0.15, -0.1) is 0 Å². The summed E-state index contributed by atoms with van der Waals surface area (Å²) >= 11 is 0. The Morgan fingerprint density at radius 3 is 2.75 bits per heavy atom. The number of ether oxygens (including phenoxy) is 1. The molecule has 2 amide bonds. The topological polar surface area (TPSA) is 72.3 Å². The van der Waals surface area contributed by atoms with Crippen LogP contribution in [0.25, 0.3) is 0 Å². The Hall–Kier alpha value is -2.41. The van der Waals surface area contributed by atoms with Crippen LogP contribution in [-0.4, -0.2) is 46.2 Å². The summed E-state index contributed by atoms with van der Waals surface area (Å²) in [6.45, 7) is 4.90. The summed E-state index contributed by atoms with van der Waals surface area (Å²) in [7, 11) is 3.35. The van der Waals surface area contributed by atoms with Crippen molar-refractivity contribution in [3.05, 3.63) is 48.3 Å². The lowest BCUT2D eigenvalue weighted by Gasteiger charge is -2.27. The van der Waals surface area contributed by atoms with E-state index in [-0.39, 0.29) is 12.1 Å². The third-order valence-electron chi connectivity index (χ3n) is 3.84. The average molecular weight is 331 g/mol. The van der Waals surface area contributed by atoms with E-state index in [1.807, 2.05) is 29.0 Å². The highest BCUT2D eigenvalue weighted by molar-refractivity contribution is 5.74. The molecule has 0 fully saturated rings. The molecule has 2 rings (SSSR count). The van der Waals surface area contributed by atoms with Crippen LogP contribution in [0.15, 0.2) is 36.8 Å². The van der Waals surface area contributed by atoms with Crippen molar-refractivity contribution in [3.8, 4) is 0 Å². The quantitative estimate of drug-likeness (QED) is 0.845. The minimum Gasteiger partial charge on any atom is -0.382 e. The van der Waals surface area contributed by atoms with Gasteiger partial charge in [0.2, 0.25) is 0 Å². The molecule has 130 valence electrons. The van der Waals surface area contributed by atoms with Crippen LogP contribution >= 0.6 is 0 Å². The van der Waals surface area contributed by atoms with Crippen molar-refractivity contribution in [1.29, 1.82) is 0 Å². The number of nitrogens with one attached hydrogen (secondary N) is 1. The second-order valence-corrected chi connectivity index (χ2v) is 5.84. The van der Waals surface area contributed by atoms with Crippen molar-refractivity contribution in [2.75, 3.05) is 20.8 Å². The van der Waals surface area contributed by atoms with Gasteiger partial charge in [-0.05, 0) is 26.0 Å². The molecule has 0 saturated heterocycles. The zero-order chi connectivity index (χ0) is 17.5. The summed E-state index contributed by atoms with van der Waals surface area (Å²) in [5.74, 6) is 0.827.